The first-order chi connectivity index (χ1) is 5.07. The summed E-state index contributed by atoms with van der Waals surface area (Å²) in [4.78, 5) is 10.4. The van der Waals surface area contributed by atoms with Crippen LogP contribution < -0.4 is 0 Å². The summed E-state index contributed by atoms with van der Waals surface area (Å²) in [6, 6.07) is 0. The van der Waals surface area contributed by atoms with Gasteiger partial charge in [0.25, 0.3) is 0 Å². The molecule has 0 radical (unpaired) electrons. The zero-order valence-corrected chi connectivity index (χ0v) is 6.67. The molecular formula is C7H9ClO3. The number of hydrogen-bond acceptors (Lipinski definition) is 3. The fraction of sp³-hybridized carbons (Fsp3) is 0.286. The van der Waals surface area contributed by atoms with Gasteiger partial charge in [-0.2, -0.15) is 0 Å². The molecule has 1 unspecified atom stereocenters. The summed E-state index contributed by atoms with van der Waals surface area (Å²) >= 11 is 5.29. The Balaban J connectivity index is 3.62. The van der Waals surface area contributed by atoms with E-state index in [1.807, 2.05) is 0 Å². The number of aliphatic hydroxyl groups excluding tert-OH is 1. The Labute approximate surface area is 69.9 Å². The van der Waals surface area contributed by atoms with Crippen LogP contribution in [0.25, 0.3) is 0 Å². The van der Waals surface area contributed by atoms with Gasteiger partial charge < -0.3 is 9.84 Å². The van der Waals surface area contributed by atoms with Gasteiger partial charge in [0.15, 0.2) is 0 Å². The predicted octanol–water partition coefficient (Wildman–Crippen LogP) is 0.829. The Morgan fingerprint density at radius 3 is 2.73 bits per heavy atom. The number of carbonyl (C=O) groups is 1. The van der Waals surface area contributed by atoms with Crippen molar-refractivity contribution in [3.8, 4) is 0 Å². The van der Waals surface area contributed by atoms with Gasteiger partial charge in [0.1, 0.15) is 12.7 Å². The number of hydrogen-bond donors (Lipinski definition) is 1. The number of halogens is 1. The molecule has 0 saturated carbocycles. The SMILES string of the molecule is C=CC(=O)OCC(O)C(=C)Cl. The van der Waals surface area contributed by atoms with Gasteiger partial charge in [-0.3, -0.25) is 0 Å². The van der Waals surface area contributed by atoms with Gasteiger partial charge in [-0.15, -0.1) is 0 Å². The van der Waals surface area contributed by atoms with Crippen molar-refractivity contribution in [1.29, 1.82) is 0 Å². The molecule has 0 heterocycles. The van der Waals surface area contributed by atoms with Crippen LogP contribution >= 0.6 is 11.6 Å². The normalized spacial score (nSPS) is 11.8. The maximum Gasteiger partial charge on any atom is 0.330 e. The molecule has 0 spiro atoms. The van der Waals surface area contributed by atoms with Crippen molar-refractivity contribution in [2.75, 3.05) is 6.61 Å². The van der Waals surface area contributed by atoms with Gasteiger partial charge in [0, 0.05) is 11.1 Å². The molecular weight excluding hydrogens is 168 g/mol. The lowest BCUT2D eigenvalue weighted by molar-refractivity contribution is -0.139. The number of aliphatic hydroxyl groups is 1. The van der Waals surface area contributed by atoms with E-state index in [1.54, 1.807) is 0 Å². The molecule has 3 nitrogen and oxygen atoms in total. The van der Waals surface area contributed by atoms with Crippen LogP contribution in [0.2, 0.25) is 0 Å². The van der Waals surface area contributed by atoms with Gasteiger partial charge in [-0.05, 0) is 0 Å². The summed E-state index contributed by atoms with van der Waals surface area (Å²) in [5, 5.41) is 8.97. The third-order valence-corrected chi connectivity index (χ3v) is 1.16. The molecule has 0 rings (SSSR count). The molecule has 0 amide bonds. The second-order valence-corrected chi connectivity index (χ2v) is 2.28. The van der Waals surface area contributed by atoms with Gasteiger partial charge >= 0.3 is 5.97 Å². The minimum atomic E-state index is -1.01. The second-order valence-electron chi connectivity index (χ2n) is 1.80. The third kappa shape index (κ3) is 4.58. The van der Waals surface area contributed by atoms with Crippen molar-refractivity contribution >= 4 is 17.6 Å². The molecule has 4 heteroatoms. The van der Waals surface area contributed by atoms with E-state index in [0.717, 1.165) is 6.08 Å². The Kier molecular flexibility index (Phi) is 4.57. The Morgan fingerprint density at radius 1 is 1.82 bits per heavy atom. The molecule has 0 aliphatic heterocycles. The Bertz CT molecular complexity index is 177. The van der Waals surface area contributed by atoms with Crippen LogP contribution in [-0.4, -0.2) is 23.8 Å². The molecule has 0 aromatic heterocycles. The molecule has 0 aliphatic rings. The van der Waals surface area contributed by atoms with E-state index < -0.39 is 12.1 Å². The fourth-order valence-electron chi connectivity index (χ4n) is 0.310. The molecule has 1 N–H and O–H groups in total. The maximum atomic E-state index is 10.4. The quantitative estimate of drug-likeness (QED) is 0.510. The van der Waals surface area contributed by atoms with Crippen molar-refractivity contribution in [2.24, 2.45) is 0 Å². The van der Waals surface area contributed by atoms with Gasteiger partial charge in [0.05, 0.1) is 0 Å². The standard InChI is InChI=1S/C7H9ClO3/c1-3-7(10)11-4-6(9)5(2)8/h3,6,9H,1-2,4H2. The van der Waals surface area contributed by atoms with E-state index in [-0.39, 0.29) is 11.6 Å². The molecule has 0 aliphatic carbocycles. The molecule has 0 saturated heterocycles. The molecule has 0 bridgehead atoms. The Hall–Kier alpha value is -0.800. The summed E-state index contributed by atoms with van der Waals surface area (Å²) in [5.74, 6) is -0.595. The van der Waals surface area contributed by atoms with Crippen molar-refractivity contribution in [3.05, 3.63) is 24.3 Å². The molecule has 11 heavy (non-hydrogen) atoms. The highest BCUT2D eigenvalue weighted by Crippen LogP contribution is 2.04. The minimum Gasteiger partial charge on any atom is -0.459 e. The van der Waals surface area contributed by atoms with Gasteiger partial charge in [-0.25, -0.2) is 4.79 Å². The molecule has 0 fully saturated rings. The molecule has 1 atom stereocenters. The van der Waals surface area contributed by atoms with Crippen LogP contribution in [0.4, 0.5) is 0 Å². The van der Waals surface area contributed by atoms with Gasteiger partial charge in [0.2, 0.25) is 0 Å². The molecule has 0 aromatic rings. The third-order valence-electron chi connectivity index (χ3n) is 0.912. The summed E-state index contributed by atoms with van der Waals surface area (Å²) < 4.78 is 4.46. The molecule has 0 aromatic carbocycles. The maximum absolute atomic E-state index is 10.4. The monoisotopic (exact) mass is 176 g/mol. The first-order valence-electron chi connectivity index (χ1n) is 2.89. The number of esters is 1. The smallest absolute Gasteiger partial charge is 0.330 e. The van der Waals surface area contributed by atoms with Crippen LogP contribution in [0.1, 0.15) is 0 Å². The zero-order valence-electron chi connectivity index (χ0n) is 5.92. The van der Waals surface area contributed by atoms with Crippen molar-refractivity contribution < 1.29 is 14.6 Å². The zero-order chi connectivity index (χ0) is 8.85. The highest BCUT2D eigenvalue weighted by Gasteiger charge is 2.07. The van der Waals surface area contributed by atoms with Crippen LogP contribution in [0.5, 0.6) is 0 Å². The van der Waals surface area contributed by atoms with Crippen molar-refractivity contribution in [3.63, 3.8) is 0 Å². The van der Waals surface area contributed by atoms with E-state index in [9.17, 15) is 4.79 Å². The van der Waals surface area contributed by atoms with Crippen LogP contribution in [0.3, 0.4) is 0 Å². The van der Waals surface area contributed by atoms with Crippen LogP contribution in [0.15, 0.2) is 24.3 Å². The number of ether oxygens (including phenoxy) is 1. The fourth-order valence-corrected chi connectivity index (χ4v) is 0.373. The van der Waals surface area contributed by atoms with Crippen molar-refractivity contribution in [2.45, 2.75) is 6.10 Å². The summed E-state index contributed by atoms with van der Waals surface area (Å²) in [5.41, 5.74) is 0. The van der Waals surface area contributed by atoms with E-state index in [4.69, 9.17) is 16.7 Å². The summed E-state index contributed by atoms with van der Waals surface area (Å²) in [6.07, 6.45) is -0.00968. The van der Waals surface area contributed by atoms with Gasteiger partial charge in [-0.1, -0.05) is 24.8 Å². The largest absolute Gasteiger partial charge is 0.459 e. The summed E-state index contributed by atoms with van der Waals surface area (Å²) in [6.45, 7) is 6.24. The van der Waals surface area contributed by atoms with E-state index in [0.29, 0.717) is 0 Å². The second kappa shape index (κ2) is 4.93. The van der Waals surface area contributed by atoms with Crippen molar-refractivity contribution in [1.82, 2.24) is 0 Å². The predicted molar refractivity (Wildman–Crippen MR) is 42.2 cm³/mol. The average molecular weight is 177 g/mol. The van der Waals surface area contributed by atoms with Crippen LogP contribution in [-0.2, 0) is 9.53 Å². The topological polar surface area (TPSA) is 46.5 Å². The lowest BCUT2D eigenvalue weighted by atomic mass is 10.4. The average Bonchev–Trinajstić information content (AvgIpc) is 1.99. The molecule has 62 valence electrons. The van der Waals surface area contributed by atoms with Crippen LogP contribution in [0, 0.1) is 0 Å². The lowest BCUT2D eigenvalue weighted by Crippen LogP contribution is -2.17. The van der Waals surface area contributed by atoms with E-state index in [1.165, 1.54) is 0 Å². The number of rotatable bonds is 4. The van der Waals surface area contributed by atoms with E-state index in [2.05, 4.69) is 17.9 Å². The minimum absolute atomic E-state index is 0.0434. The highest BCUT2D eigenvalue weighted by atomic mass is 35.5. The lowest BCUT2D eigenvalue weighted by Gasteiger charge is -2.07. The number of carbonyl (C=O) groups excluding carboxylic acids is 1. The first-order valence-corrected chi connectivity index (χ1v) is 3.27. The first kappa shape index (κ1) is 10.2. The van der Waals surface area contributed by atoms with E-state index >= 15 is 0 Å². The Morgan fingerprint density at radius 2 is 2.36 bits per heavy atom. The highest BCUT2D eigenvalue weighted by molar-refractivity contribution is 6.29. The summed E-state index contributed by atoms with van der Waals surface area (Å²) in [7, 11) is 0.